The summed E-state index contributed by atoms with van der Waals surface area (Å²) < 4.78 is 0. The minimum atomic E-state index is 0.967. The molecule has 0 spiro atoms. The summed E-state index contributed by atoms with van der Waals surface area (Å²) in [4.78, 5) is 1.37. The lowest BCUT2D eigenvalue weighted by molar-refractivity contribution is 0.885. The molecule has 0 aromatic carbocycles. The van der Waals surface area contributed by atoms with Gasteiger partial charge in [0.15, 0.2) is 0 Å². The maximum Gasteiger partial charge on any atom is 0.0162 e. The van der Waals surface area contributed by atoms with E-state index in [1.807, 2.05) is 7.05 Å². The topological polar surface area (TPSA) is 12.0 Å². The van der Waals surface area contributed by atoms with Gasteiger partial charge in [-0.2, -0.15) is 0 Å². The summed E-state index contributed by atoms with van der Waals surface area (Å²) >= 11 is 1.80. The van der Waals surface area contributed by atoms with Gasteiger partial charge in [-0.25, -0.2) is 0 Å². The highest BCUT2D eigenvalue weighted by molar-refractivity contribution is 7.10. The van der Waals surface area contributed by atoms with E-state index in [0.29, 0.717) is 0 Å². The van der Waals surface area contributed by atoms with Gasteiger partial charge in [-0.15, -0.1) is 11.3 Å². The fourth-order valence-corrected chi connectivity index (χ4v) is 1.82. The molecule has 0 aliphatic heterocycles. The normalized spacial score (nSPS) is 12.1. The first-order valence-corrected chi connectivity index (χ1v) is 4.97. The average Bonchev–Trinajstić information content (AvgIpc) is 2.36. The van der Waals surface area contributed by atoms with E-state index < -0.39 is 0 Å². The van der Waals surface area contributed by atoms with Crippen molar-refractivity contribution in [2.75, 3.05) is 13.6 Å². The smallest absolute Gasteiger partial charge is 0.0162 e. The largest absolute Gasteiger partial charge is 0.316 e. The molecule has 0 bridgehead atoms. The van der Waals surface area contributed by atoms with Crippen LogP contribution in [0.25, 0.3) is 6.08 Å². The summed E-state index contributed by atoms with van der Waals surface area (Å²) in [5, 5.41) is 5.32. The van der Waals surface area contributed by atoms with Crippen molar-refractivity contribution in [2.24, 2.45) is 0 Å². The molecule has 0 aliphatic rings. The first-order chi connectivity index (χ1) is 5.72. The van der Waals surface area contributed by atoms with E-state index in [-0.39, 0.29) is 0 Å². The van der Waals surface area contributed by atoms with Gasteiger partial charge in [-0.3, -0.25) is 0 Å². The van der Waals surface area contributed by atoms with Crippen molar-refractivity contribution < 1.29 is 0 Å². The van der Waals surface area contributed by atoms with Crippen molar-refractivity contribution in [3.63, 3.8) is 0 Å². The van der Waals surface area contributed by atoms with E-state index in [2.05, 4.69) is 36.7 Å². The van der Waals surface area contributed by atoms with Gasteiger partial charge >= 0.3 is 0 Å². The van der Waals surface area contributed by atoms with Crippen LogP contribution >= 0.6 is 11.3 Å². The molecule has 0 saturated heterocycles. The van der Waals surface area contributed by atoms with E-state index in [0.717, 1.165) is 6.54 Å². The average molecular weight is 181 g/mol. The Morgan fingerprint density at radius 2 is 2.42 bits per heavy atom. The number of nitrogens with one attached hydrogen (secondary N) is 1. The van der Waals surface area contributed by atoms with Gasteiger partial charge in [0.2, 0.25) is 0 Å². The molecule has 0 atom stereocenters. The summed E-state index contributed by atoms with van der Waals surface area (Å²) in [6.45, 7) is 5.24. The number of likely N-dealkylation sites (N-methyl/N-ethyl adjacent to an activating group) is 1. The third-order valence-corrected chi connectivity index (χ3v) is 2.50. The summed E-state index contributed by atoms with van der Waals surface area (Å²) in [6, 6.07) is 2.21. The highest BCUT2D eigenvalue weighted by atomic mass is 32.1. The summed E-state index contributed by atoms with van der Waals surface area (Å²) in [5.74, 6) is 0. The fourth-order valence-electron chi connectivity index (χ4n) is 1.15. The third kappa shape index (κ3) is 2.80. The first kappa shape index (κ1) is 9.49. The Hall–Kier alpha value is -0.600. The molecule has 1 N–H and O–H groups in total. The monoisotopic (exact) mass is 181 g/mol. The van der Waals surface area contributed by atoms with Gasteiger partial charge in [0.25, 0.3) is 0 Å². The van der Waals surface area contributed by atoms with Gasteiger partial charge in [0.1, 0.15) is 0 Å². The molecule has 1 aromatic rings. The summed E-state index contributed by atoms with van der Waals surface area (Å²) in [7, 11) is 1.97. The predicted octanol–water partition coefficient (Wildman–Crippen LogP) is 2.68. The molecule has 0 amide bonds. The van der Waals surface area contributed by atoms with Crippen molar-refractivity contribution in [1.82, 2.24) is 5.32 Å². The number of rotatable bonds is 3. The van der Waals surface area contributed by atoms with Gasteiger partial charge in [-0.05, 0) is 37.9 Å². The van der Waals surface area contributed by atoms with Gasteiger partial charge in [0, 0.05) is 11.4 Å². The minimum absolute atomic E-state index is 0.967. The van der Waals surface area contributed by atoms with Crippen molar-refractivity contribution in [3.05, 3.63) is 27.5 Å². The Morgan fingerprint density at radius 3 is 2.92 bits per heavy atom. The van der Waals surface area contributed by atoms with Gasteiger partial charge in [0.05, 0.1) is 0 Å². The van der Waals surface area contributed by atoms with Gasteiger partial charge in [-0.1, -0.05) is 11.6 Å². The second-order valence-corrected chi connectivity index (χ2v) is 4.13. The van der Waals surface area contributed by atoms with Crippen LogP contribution in [0.2, 0.25) is 0 Å². The molecule has 1 nitrogen and oxygen atoms in total. The highest BCUT2D eigenvalue weighted by Gasteiger charge is 1.92. The van der Waals surface area contributed by atoms with E-state index >= 15 is 0 Å². The highest BCUT2D eigenvalue weighted by Crippen LogP contribution is 2.15. The van der Waals surface area contributed by atoms with Crippen molar-refractivity contribution in [3.8, 4) is 0 Å². The lowest BCUT2D eigenvalue weighted by Crippen LogP contribution is -2.08. The Morgan fingerprint density at radius 1 is 1.67 bits per heavy atom. The molecule has 66 valence electrons. The minimum Gasteiger partial charge on any atom is -0.316 e. The number of hydrogen-bond acceptors (Lipinski definition) is 2. The predicted molar refractivity (Wildman–Crippen MR) is 56.6 cm³/mol. The van der Waals surface area contributed by atoms with Crippen molar-refractivity contribution in [1.29, 1.82) is 0 Å². The molecule has 0 radical (unpaired) electrons. The molecular weight excluding hydrogens is 166 g/mol. The van der Waals surface area contributed by atoms with E-state index in [1.165, 1.54) is 16.0 Å². The first-order valence-electron chi connectivity index (χ1n) is 4.09. The van der Waals surface area contributed by atoms with Crippen molar-refractivity contribution >= 4 is 17.4 Å². The summed E-state index contributed by atoms with van der Waals surface area (Å²) in [5.41, 5.74) is 2.69. The molecule has 1 rings (SSSR count). The maximum atomic E-state index is 3.13. The lowest BCUT2D eigenvalue weighted by Gasteiger charge is -1.96. The van der Waals surface area contributed by atoms with Gasteiger partial charge < -0.3 is 5.32 Å². The molecule has 0 fully saturated rings. The van der Waals surface area contributed by atoms with E-state index in [4.69, 9.17) is 0 Å². The standard InChI is InChI=1S/C10H15NS/c1-8(6-11-3)4-10-5-9(2)12-7-10/h4-5,7,11H,6H2,1-3H3/b8-4+. The Kier molecular flexibility index (Phi) is 3.50. The molecule has 2 heteroatoms. The molecule has 12 heavy (non-hydrogen) atoms. The molecule has 1 aromatic heterocycles. The Bertz CT molecular complexity index is 273. The SMILES string of the molecule is CNC/C(C)=C/c1csc(C)c1. The zero-order chi connectivity index (χ0) is 8.97. The number of aryl methyl sites for hydroxylation is 1. The van der Waals surface area contributed by atoms with E-state index in [1.54, 1.807) is 11.3 Å². The number of thiophene rings is 1. The van der Waals surface area contributed by atoms with Crippen LogP contribution in [-0.2, 0) is 0 Å². The van der Waals surface area contributed by atoms with Crippen LogP contribution in [0.4, 0.5) is 0 Å². The van der Waals surface area contributed by atoms with Crippen LogP contribution in [0.3, 0.4) is 0 Å². The molecule has 1 heterocycles. The fraction of sp³-hybridized carbons (Fsp3) is 0.400. The lowest BCUT2D eigenvalue weighted by atomic mass is 10.2. The van der Waals surface area contributed by atoms with Crippen LogP contribution < -0.4 is 5.32 Å². The zero-order valence-electron chi connectivity index (χ0n) is 7.85. The van der Waals surface area contributed by atoms with Crippen LogP contribution in [0.15, 0.2) is 17.0 Å². The molecule has 0 saturated carbocycles. The van der Waals surface area contributed by atoms with Crippen LogP contribution in [0.1, 0.15) is 17.4 Å². The quantitative estimate of drug-likeness (QED) is 0.756. The summed E-state index contributed by atoms with van der Waals surface area (Å²) in [6.07, 6.45) is 2.22. The van der Waals surface area contributed by atoms with Crippen LogP contribution in [0, 0.1) is 6.92 Å². The Labute approximate surface area is 78.1 Å². The maximum absolute atomic E-state index is 3.13. The van der Waals surface area contributed by atoms with E-state index in [9.17, 15) is 0 Å². The molecular formula is C10H15NS. The second-order valence-electron chi connectivity index (χ2n) is 3.01. The van der Waals surface area contributed by atoms with Crippen molar-refractivity contribution in [2.45, 2.75) is 13.8 Å². The third-order valence-electron chi connectivity index (χ3n) is 1.62. The Balaban J connectivity index is 2.67. The second kappa shape index (κ2) is 4.43. The molecule has 0 unspecified atom stereocenters. The zero-order valence-corrected chi connectivity index (χ0v) is 8.66. The molecule has 0 aliphatic carbocycles. The van der Waals surface area contributed by atoms with Crippen LogP contribution in [0.5, 0.6) is 0 Å². The van der Waals surface area contributed by atoms with Crippen LogP contribution in [-0.4, -0.2) is 13.6 Å². The number of hydrogen-bond donors (Lipinski definition) is 1.